The van der Waals surface area contributed by atoms with Crippen LogP contribution in [-0.4, -0.2) is 34.6 Å². The Hall–Kier alpha value is -3.73. The fourth-order valence-corrected chi connectivity index (χ4v) is 4.15. The van der Waals surface area contributed by atoms with Gasteiger partial charge in [0.2, 0.25) is 0 Å². The molecule has 2 N–H and O–H groups in total. The number of para-hydroxylation sites is 1. The number of halogens is 3. The molecule has 3 rings (SSSR count). The van der Waals surface area contributed by atoms with Gasteiger partial charge in [-0.05, 0) is 54.4 Å². The maximum atomic E-state index is 13.8. The number of rotatable bonds is 10. The average Bonchev–Trinajstić information content (AvgIpc) is 2.80. The van der Waals surface area contributed by atoms with Crippen molar-refractivity contribution in [3.05, 3.63) is 83.7 Å². The zero-order valence-corrected chi connectivity index (χ0v) is 18.7. The summed E-state index contributed by atoms with van der Waals surface area (Å²) in [5, 5.41) is 2.64. The predicted octanol–water partition coefficient (Wildman–Crippen LogP) is 4.21. The van der Waals surface area contributed by atoms with E-state index in [1.54, 1.807) is 6.07 Å². The van der Waals surface area contributed by atoms with Gasteiger partial charge in [-0.25, -0.2) is 12.8 Å². The van der Waals surface area contributed by atoms with Gasteiger partial charge < -0.3 is 14.8 Å². The third-order valence-electron chi connectivity index (χ3n) is 4.67. The van der Waals surface area contributed by atoms with E-state index in [1.807, 2.05) is 0 Å². The van der Waals surface area contributed by atoms with Crippen molar-refractivity contribution in [2.24, 2.45) is 0 Å². The number of ether oxygens (including phenoxy) is 2. The number of amides is 1. The molecular formula is C23H21F3N2O5S. The Balaban J connectivity index is 1.65. The molecule has 0 atom stereocenters. The number of carbonyl (C=O) groups excluding carboxylic acids is 1. The predicted molar refractivity (Wildman–Crippen MR) is 119 cm³/mol. The Labute approximate surface area is 194 Å². The first-order valence-electron chi connectivity index (χ1n) is 9.97. The van der Waals surface area contributed by atoms with Crippen LogP contribution in [0.2, 0.25) is 0 Å². The number of alkyl halides is 2. The van der Waals surface area contributed by atoms with Crippen LogP contribution in [-0.2, 0) is 16.4 Å². The van der Waals surface area contributed by atoms with Gasteiger partial charge in [0.25, 0.3) is 15.9 Å². The Morgan fingerprint density at radius 3 is 2.47 bits per heavy atom. The minimum atomic E-state index is -4.13. The minimum Gasteiger partial charge on any atom is -0.493 e. The second-order valence-electron chi connectivity index (χ2n) is 6.98. The molecule has 11 heteroatoms. The van der Waals surface area contributed by atoms with Crippen LogP contribution in [0.1, 0.15) is 15.9 Å². The summed E-state index contributed by atoms with van der Waals surface area (Å²) in [5.74, 6) is -1.25. The van der Waals surface area contributed by atoms with E-state index in [4.69, 9.17) is 4.74 Å². The van der Waals surface area contributed by atoms with Gasteiger partial charge in [-0.1, -0.05) is 24.3 Å². The monoisotopic (exact) mass is 494 g/mol. The van der Waals surface area contributed by atoms with Crippen LogP contribution in [0, 0.1) is 5.82 Å². The average molecular weight is 494 g/mol. The third kappa shape index (κ3) is 6.41. The van der Waals surface area contributed by atoms with E-state index in [2.05, 4.69) is 14.8 Å². The molecule has 34 heavy (non-hydrogen) atoms. The zero-order chi connectivity index (χ0) is 24.7. The van der Waals surface area contributed by atoms with Crippen LogP contribution in [0.25, 0.3) is 0 Å². The van der Waals surface area contributed by atoms with Crippen LogP contribution in [0.15, 0.2) is 71.6 Å². The number of carbonyl (C=O) groups is 1. The lowest BCUT2D eigenvalue weighted by molar-refractivity contribution is -0.0512. The molecule has 3 aromatic rings. The van der Waals surface area contributed by atoms with E-state index in [1.165, 1.54) is 61.7 Å². The van der Waals surface area contributed by atoms with E-state index in [0.29, 0.717) is 12.0 Å². The van der Waals surface area contributed by atoms with Crippen molar-refractivity contribution in [1.82, 2.24) is 5.32 Å². The quantitative estimate of drug-likeness (QED) is 0.441. The highest BCUT2D eigenvalue weighted by Gasteiger charge is 2.18. The number of nitrogens with one attached hydrogen (secondary N) is 2. The van der Waals surface area contributed by atoms with E-state index in [0.717, 1.165) is 6.07 Å². The smallest absolute Gasteiger partial charge is 0.387 e. The van der Waals surface area contributed by atoms with E-state index < -0.39 is 28.4 Å². The molecule has 0 saturated heterocycles. The highest BCUT2D eigenvalue weighted by atomic mass is 32.2. The summed E-state index contributed by atoms with van der Waals surface area (Å²) in [6, 6.07) is 15.1. The van der Waals surface area contributed by atoms with E-state index >= 15 is 0 Å². The molecule has 0 aromatic heterocycles. The highest BCUT2D eigenvalue weighted by molar-refractivity contribution is 7.92. The molecule has 0 aliphatic heterocycles. The molecule has 0 aliphatic rings. The van der Waals surface area contributed by atoms with Crippen molar-refractivity contribution in [3.8, 4) is 11.5 Å². The van der Waals surface area contributed by atoms with Gasteiger partial charge in [-0.15, -0.1) is 0 Å². The molecule has 180 valence electrons. The molecule has 0 fully saturated rings. The van der Waals surface area contributed by atoms with Crippen LogP contribution in [0.4, 0.5) is 18.9 Å². The molecule has 0 radical (unpaired) electrons. The van der Waals surface area contributed by atoms with Crippen LogP contribution >= 0.6 is 0 Å². The topological polar surface area (TPSA) is 93.7 Å². The molecule has 0 unspecified atom stereocenters. The number of methoxy groups -OCH3 is 1. The second kappa shape index (κ2) is 10.9. The summed E-state index contributed by atoms with van der Waals surface area (Å²) in [4.78, 5) is 12.3. The number of benzene rings is 3. The first-order chi connectivity index (χ1) is 16.2. The SMILES string of the molecule is COc1ccc(CCNC(=O)c2cccc(S(=O)(=O)Nc3ccccc3F)c2)cc1OC(F)F. The molecule has 0 heterocycles. The van der Waals surface area contributed by atoms with Crippen LogP contribution in [0.3, 0.4) is 0 Å². The van der Waals surface area contributed by atoms with Crippen molar-refractivity contribution in [3.63, 3.8) is 0 Å². The highest BCUT2D eigenvalue weighted by Crippen LogP contribution is 2.29. The summed E-state index contributed by atoms with van der Waals surface area (Å²) < 4.78 is 75.7. The maximum Gasteiger partial charge on any atom is 0.387 e. The Morgan fingerprint density at radius 1 is 1.00 bits per heavy atom. The Morgan fingerprint density at radius 2 is 1.76 bits per heavy atom. The van der Waals surface area contributed by atoms with Gasteiger partial charge >= 0.3 is 6.61 Å². The van der Waals surface area contributed by atoms with Crippen molar-refractivity contribution in [2.45, 2.75) is 17.9 Å². The van der Waals surface area contributed by atoms with Crippen molar-refractivity contribution in [2.75, 3.05) is 18.4 Å². The van der Waals surface area contributed by atoms with Crippen molar-refractivity contribution >= 4 is 21.6 Å². The Bertz CT molecular complexity index is 1270. The minimum absolute atomic E-state index is 0.0767. The number of hydrogen-bond acceptors (Lipinski definition) is 5. The standard InChI is InChI=1S/C23H21F3N2O5S/c1-32-20-10-9-15(13-21(20)33-23(25)26)11-12-27-22(29)16-5-4-6-17(14-16)34(30,31)28-19-8-3-2-7-18(19)24/h2-10,13-14,23,28H,11-12H2,1H3,(H,27,29). The van der Waals surface area contributed by atoms with Gasteiger partial charge in [-0.2, -0.15) is 8.78 Å². The van der Waals surface area contributed by atoms with Crippen molar-refractivity contribution < 1.29 is 35.9 Å². The van der Waals surface area contributed by atoms with Crippen molar-refractivity contribution in [1.29, 1.82) is 0 Å². The summed E-state index contributed by atoms with van der Waals surface area (Å²) in [7, 11) is -2.81. The Kier molecular flexibility index (Phi) is 8.00. The lowest BCUT2D eigenvalue weighted by atomic mass is 10.1. The maximum absolute atomic E-state index is 13.8. The molecule has 3 aromatic carbocycles. The van der Waals surface area contributed by atoms with Gasteiger partial charge in [0.05, 0.1) is 17.7 Å². The first-order valence-corrected chi connectivity index (χ1v) is 11.5. The van der Waals surface area contributed by atoms with Gasteiger partial charge in [0.1, 0.15) is 5.82 Å². The largest absolute Gasteiger partial charge is 0.493 e. The number of hydrogen-bond donors (Lipinski definition) is 2. The fraction of sp³-hybridized carbons (Fsp3) is 0.174. The first kappa shape index (κ1) is 24.9. The molecule has 7 nitrogen and oxygen atoms in total. The normalized spacial score (nSPS) is 11.2. The summed E-state index contributed by atoms with van der Waals surface area (Å²) in [6.07, 6.45) is 0.294. The zero-order valence-electron chi connectivity index (χ0n) is 17.9. The molecular weight excluding hydrogens is 473 g/mol. The lowest BCUT2D eigenvalue weighted by Crippen LogP contribution is -2.26. The fourth-order valence-electron chi connectivity index (χ4n) is 3.04. The van der Waals surface area contributed by atoms with E-state index in [-0.39, 0.29) is 34.2 Å². The molecule has 0 spiro atoms. The lowest BCUT2D eigenvalue weighted by Gasteiger charge is -2.12. The number of anilines is 1. The van der Waals surface area contributed by atoms with Crippen LogP contribution in [0.5, 0.6) is 11.5 Å². The van der Waals surface area contributed by atoms with Gasteiger partial charge in [0, 0.05) is 12.1 Å². The third-order valence-corrected chi connectivity index (χ3v) is 6.03. The second-order valence-corrected chi connectivity index (χ2v) is 8.67. The van der Waals surface area contributed by atoms with Gasteiger partial charge in [-0.3, -0.25) is 9.52 Å². The van der Waals surface area contributed by atoms with E-state index in [9.17, 15) is 26.4 Å². The molecule has 0 saturated carbocycles. The molecule has 0 aliphatic carbocycles. The number of sulfonamides is 1. The van der Waals surface area contributed by atoms with Crippen LogP contribution < -0.4 is 19.5 Å². The molecule has 0 bridgehead atoms. The van der Waals surface area contributed by atoms with Gasteiger partial charge in [0.15, 0.2) is 11.5 Å². The summed E-state index contributed by atoms with van der Waals surface area (Å²) in [6.45, 7) is -2.87. The summed E-state index contributed by atoms with van der Waals surface area (Å²) in [5.41, 5.74) is 0.474. The summed E-state index contributed by atoms with van der Waals surface area (Å²) >= 11 is 0. The molecule has 1 amide bonds.